The van der Waals surface area contributed by atoms with Gasteiger partial charge in [0.15, 0.2) is 0 Å². The van der Waals surface area contributed by atoms with Crippen LogP contribution >= 0.6 is 0 Å². The van der Waals surface area contributed by atoms with E-state index >= 15 is 0 Å². The highest BCUT2D eigenvalue weighted by Gasteiger charge is 2.37. The molecule has 2 rings (SSSR count). The summed E-state index contributed by atoms with van der Waals surface area (Å²) in [5.41, 5.74) is 12.9. The third kappa shape index (κ3) is 4.22. The highest BCUT2D eigenvalue weighted by Crippen LogP contribution is 2.43. The molecule has 7 unspecified atom stereocenters. The van der Waals surface area contributed by atoms with Crippen LogP contribution in [0.15, 0.2) is 0 Å². The normalized spacial score (nSPS) is 44.7. The number of hydrogen-bond donors (Lipinski definition) is 2. The van der Waals surface area contributed by atoms with Gasteiger partial charge in [-0.25, -0.2) is 0 Å². The van der Waals surface area contributed by atoms with Gasteiger partial charge < -0.3 is 11.5 Å². The fourth-order valence-corrected chi connectivity index (χ4v) is 5.16. The molecule has 0 bridgehead atoms. The lowest BCUT2D eigenvalue weighted by molar-refractivity contribution is 0.101. The van der Waals surface area contributed by atoms with Gasteiger partial charge in [0.05, 0.1) is 0 Å². The molecule has 2 heteroatoms. The van der Waals surface area contributed by atoms with E-state index in [2.05, 4.69) is 20.8 Å². The lowest BCUT2D eigenvalue weighted by Gasteiger charge is -2.43. The lowest BCUT2D eigenvalue weighted by Crippen LogP contribution is -2.43. The average molecular weight is 295 g/mol. The fraction of sp³-hybridized carbons (Fsp3) is 1.00. The molecule has 2 saturated carbocycles. The minimum absolute atomic E-state index is 0.435. The second kappa shape index (κ2) is 7.97. The molecule has 2 nitrogen and oxygen atoms in total. The quantitative estimate of drug-likeness (QED) is 0.793. The van der Waals surface area contributed by atoms with Gasteiger partial charge in [0.1, 0.15) is 0 Å². The number of hydrogen-bond acceptors (Lipinski definition) is 2. The van der Waals surface area contributed by atoms with Crippen LogP contribution in [0.25, 0.3) is 0 Å². The minimum Gasteiger partial charge on any atom is -0.327 e. The zero-order chi connectivity index (χ0) is 15.4. The van der Waals surface area contributed by atoms with E-state index < -0.39 is 0 Å². The van der Waals surface area contributed by atoms with Crippen molar-refractivity contribution in [2.75, 3.05) is 0 Å². The van der Waals surface area contributed by atoms with E-state index in [-0.39, 0.29) is 0 Å². The Labute approximate surface area is 132 Å². The predicted octanol–water partition coefficient (Wildman–Crippen LogP) is 4.32. The van der Waals surface area contributed by atoms with Crippen molar-refractivity contribution in [1.82, 2.24) is 0 Å². The molecular formula is C19H38N2. The van der Waals surface area contributed by atoms with E-state index in [4.69, 9.17) is 11.5 Å². The Balaban J connectivity index is 1.96. The fourth-order valence-electron chi connectivity index (χ4n) is 5.16. The molecule has 0 aromatic rings. The van der Waals surface area contributed by atoms with Crippen molar-refractivity contribution in [3.8, 4) is 0 Å². The van der Waals surface area contributed by atoms with E-state index in [9.17, 15) is 0 Å². The van der Waals surface area contributed by atoms with Crippen molar-refractivity contribution < 1.29 is 0 Å². The second-order valence-electron chi connectivity index (χ2n) is 7.98. The van der Waals surface area contributed by atoms with Gasteiger partial charge in [-0.3, -0.25) is 0 Å². The molecule has 0 saturated heterocycles. The standard InChI is InChI=1S/C19H38N2/c1-4-13-7-8-18(20)17(9-13)11-16-12-19(21)15(6-3)10-14(16)5-2/h13-19H,4-12,20-21H2,1-3H3. The van der Waals surface area contributed by atoms with Crippen LogP contribution in [0.5, 0.6) is 0 Å². The Bertz CT molecular complexity index is 304. The van der Waals surface area contributed by atoms with Crippen LogP contribution in [-0.2, 0) is 0 Å². The van der Waals surface area contributed by atoms with E-state index in [1.54, 1.807) is 0 Å². The van der Waals surface area contributed by atoms with Gasteiger partial charge in [0.2, 0.25) is 0 Å². The molecule has 0 aromatic carbocycles. The largest absolute Gasteiger partial charge is 0.327 e. The summed E-state index contributed by atoms with van der Waals surface area (Å²) in [6.07, 6.45) is 11.8. The summed E-state index contributed by atoms with van der Waals surface area (Å²) in [7, 11) is 0. The Kier molecular flexibility index (Phi) is 6.55. The van der Waals surface area contributed by atoms with Gasteiger partial charge in [-0.05, 0) is 68.1 Å². The van der Waals surface area contributed by atoms with E-state index in [1.807, 2.05) is 0 Å². The third-order valence-corrected chi connectivity index (χ3v) is 6.83. The number of rotatable bonds is 5. The molecule has 124 valence electrons. The van der Waals surface area contributed by atoms with Gasteiger partial charge in [0, 0.05) is 12.1 Å². The highest BCUT2D eigenvalue weighted by molar-refractivity contribution is 4.91. The zero-order valence-corrected chi connectivity index (χ0v) is 14.6. The minimum atomic E-state index is 0.435. The first kappa shape index (κ1) is 17.3. The summed E-state index contributed by atoms with van der Waals surface area (Å²) >= 11 is 0. The van der Waals surface area contributed by atoms with Crippen LogP contribution in [0, 0.1) is 29.6 Å². The summed E-state index contributed by atoms with van der Waals surface area (Å²) < 4.78 is 0. The van der Waals surface area contributed by atoms with Crippen LogP contribution in [-0.4, -0.2) is 12.1 Å². The molecule has 2 aliphatic carbocycles. The molecule has 0 aliphatic heterocycles. The SMILES string of the molecule is CCC1CCC(N)C(CC2CC(N)C(CC)CC2CC)C1. The van der Waals surface area contributed by atoms with Crippen LogP contribution in [0.4, 0.5) is 0 Å². The van der Waals surface area contributed by atoms with Crippen molar-refractivity contribution in [1.29, 1.82) is 0 Å². The third-order valence-electron chi connectivity index (χ3n) is 6.83. The van der Waals surface area contributed by atoms with Gasteiger partial charge in [-0.2, -0.15) is 0 Å². The van der Waals surface area contributed by atoms with Crippen molar-refractivity contribution >= 4 is 0 Å². The van der Waals surface area contributed by atoms with Gasteiger partial charge >= 0.3 is 0 Å². The summed E-state index contributed by atoms with van der Waals surface area (Å²) in [5, 5.41) is 0. The van der Waals surface area contributed by atoms with E-state index in [1.165, 1.54) is 57.8 Å². The zero-order valence-electron chi connectivity index (χ0n) is 14.6. The predicted molar refractivity (Wildman–Crippen MR) is 92.0 cm³/mol. The Hall–Kier alpha value is -0.0800. The molecule has 2 fully saturated rings. The molecule has 7 atom stereocenters. The maximum atomic E-state index is 6.46. The first-order chi connectivity index (χ1) is 10.1. The lowest BCUT2D eigenvalue weighted by atomic mass is 9.64. The Morgan fingerprint density at radius 2 is 1.38 bits per heavy atom. The van der Waals surface area contributed by atoms with E-state index in [0.29, 0.717) is 12.1 Å². The summed E-state index contributed by atoms with van der Waals surface area (Å²) in [5.74, 6) is 4.17. The van der Waals surface area contributed by atoms with Crippen molar-refractivity contribution in [3.63, 3.8) is 0 Å². The summed E-state index contributed by atoms with van der Waals surface area (Å²) in [6.45, 7) is 7.02. The molecule has 0 spiro atoms. The maximum Gasteiger partial charge on any atom is 0.00699 e. The van der Waals surface area contributed by atoms with Crippen LogP contribution in [0.1, 0.15) is 78.6 Å². The van der Waals surface area contributed by atoms with Gasteiger partial charge in [0.25, 0.3) is 0 Å². The number of nitrogens with two attached hydrogens (primary N) is 2. The van der Waals surface area contributed by atoms with E-state index in [0.717, 1.165) is 29.6 Å². The molecule has 0 heterocycles. The topological polar surface area (TPSA) is 52.0 Å². The summed E-state index contributed by atoms with van der Waals surface area (Å²) in [4.78, 5) is 0. The van der Waals surface area contributed by atoms with Crippen LogP contribution < -0.4 is 11.5 Å². The molecule has 2 aliphatic rings. The van der Waals surface area contributed by atoms with Crippen molar-refractivity contribution in [3.05, 3.63) is 0 Å². The molecule has 21 heavy (non-hydrogen) atoms. The molecule has 0 radical (unpaired) electrons. The summed E-state index contributed by atoms with van der Waals surface area (Å²) in [6, 6.07) is 0.884. The van der Waals surface area contributed by atoms with Crippen molar-refractivity contribution in [2.24, 2.45) is 41.1 Å². The van der Waals surface area contributed by atoms with Crippen LogP contribution in [0.3, 0.4) is 0 Å². The average Bonchev–Trinajstić information content (AvgIpc) is 2.49. The van der Waals surface area contributed by atoms with Crippen molar-refractivity contribution in [2.45, 2.75) is 90.6 Å². The molecular weight excluding hydrogens is 256 g/mol. The highest BCUT2D eigenvalue weighted by atomic mass is 14.7. The van der Waals surface area contributed by atoms with Crippen LogP contribution in [0.2, 0.25) is 0 Å². The molecule has 4 N–H and O–H groups in total. The second-order valence-corrected chi connectivity index (χ2v) is 7.98. The van der Waals surface area contributed by atoms with Gasteiger partial charge in [-0.15, -0.1) is 0 Å². The Morgan fingerprint density at radius 1 is 0.667 bits per heavy atom. The molecule has 0 amide bonds. The molecule has 0 aromatic heterocycles. The Morgan fingerprint density at radius 3 is 2.00 bits per heavy atom. The van der Waals surface area contributed by atoms with Gasteiger partial charge in [-0.1, -0.05) is 40.0 Å². The monoisotopic (exact) mass is 294 g/mol. The maximum absolute atomic E-state index is 6.46. The smallest absolute Gasteiger partial charge is 0.00699 e. The first-order valence-electron chi connectivity index (χ1n) is 9.60. The first-order valence-corrected chi connectivity index (χ1v) is 9.60.